The second-order valence-corrected chi connectivity index (χ2v) is 5.20. The predicted octanol–water partition coefficient (Wildman–Crippen LogP) is 2.24. The molecular formula is C15H20F2N2O. The van der Waals surface area contributed by atoms with Gasteiger partial charge >= 0.3 is 0 Å². The van der Waals surface area contributed by atoms with Crippen LogP contribution in [0.1, 0.15) is 31.2 Å². The van der Waals surface area contributed by atoms with Crippen LogP contribution in [0, 0.1) is 11.6 Å². The third-order valence-electron chi connectivity index (χ3n) is 3.82. The molecule has 1 aliphatic rings. The maximum Gasteiger partial charge on any atom is 0.227 e. The minimum absolute atomic E-state index is 0.0926. The molecule has 1 aromatic rings. The number of halogens is 2. The van der Waals surface area contributed by atoms with Crippen molar-refractivity contribution in [1.82, 2.24) is 4.90 Å². The highest BCUT2D eigenvalue weighted by molar-refractivity contribution is 5.79. The third-order valence-corrected chi connectivity index (χ3v) is 3.82. The van der Waals surface area contributed by atoms with Gasteiger partial charge in [-0.25, -0.2) is 8.78 Å². The van der Waals surface area contributed by atoms with Crippen LogP contribution in [0.4, 0.5) is 8.78 Å². The summed E-state index contributed by atoms with van der Waals surface area (Å²) in [5.41, 5.74) is 5.69. The maximum atomic E-state index is 13.6. The first kappa shape index (κ1) is 14.9. The third kappa shape index (κ3) is 3.33. The fourth-order valence-corrected chi connectivity index (χ4v) is 2.77. The number of benzene rings is 1. The van der Waals surface area contributed by atoms with Crippen LogP contribution < -0.4 is 5.73 Å². The summed E-state index contributed by atoms with van der Waals surface area (Å²) in [6.07, 6.45) is 3.65. The number of piperidine rings is 1. The maximum absolute atomic E-state index is 13.6. The highest BCUT2D eigenvalue weighted by atomic mass is 19.2. The van der Waals surface area contributed by atoms with E-state index >= 15 is 0 Å². The molecule has 20 heavy (non-hydrogen) atoms. The van der Waals surface area contributed by atoms with Gasteiger partial charge in [0.05, 0.1) is 6.42 Å². The van der Waals surface area contributed by atoms with Gasteiger partial charge in [-0.15, -0.1) is 0 Å². The Morgan fingerprint density at radius 2 is 2.15 bits per heavy atom. The molecule has 0 bridgehead atoms. The van der Waals surface area contributed by atoms with Gasteiger partial charge < -0.3 is 10.6 Å². The number of nitrogens with two attached hydrogens (primary N) is 1. The van der Waals surface area contributed by atoms with Crippen LogP contribution in [-0.2, 0) is 11.2 Å². The number of rotatable bonds is 4. The largest absolute Gasteiger partial charge is 0.339 e. The lowest BCUT2D eigenvalue weighted by molar-refractivity contribution is -0.134. The molecule has 1 heterocycles. The Morgan fingerprint density at radius 1 is 1.35 bits per heavy atom. The van der Waals surface area contributed by atoms with Crippen LogP contribution >= 0.6 is 0 Å². The molecule has 2 rings (SSSR count). The molecule has 0 saturated carbocycles. The smallest absolute Gasteiger partial charge is 0.227 e. The van der Waals surface area contributed by atoms with Gasteiger partial charge in [0.2, 0.25) is 5.91 Å². The molecule has 2 N–H and O–H groups in total. The molecule has 1 aromatic carbocycles. The summed E-state index contributed by atoms with van der Waals surface area (Å²) >= 11 is 0. The lowest BCUT2D eigenvalue weighted by Gasteiger charge is -2.35. The molecule has 0 radical (unpaired) electrons. The highest BCUT2D eigenvalue weighted by Gasteiger charge is 2.26. The SMILES string of the molecule is NCCC1CCCCN1C(=O)Cc1cccc(F)c1F. The first-order valence-electron chi connectivity index (χ1n) is 7.06. The molecule has 1 amide bonds. The quantitative estimate of drug-likeness (QED) is 0.920. The second kappa shape index (κ2) is 6.79. The molecule has 1 fully saturated rings. The fraction of sp³-hybridized carbons (Fsp3) is 0.533. The van der Waals surface area contributed by atoms with Crippen molar-refractivity contribution >= 4 is 5.91 Å². The first-order valence-corrected chi connectivity index (χ1v) is 7.06. The van der Waals surface area contributed by atoms with E-state index in [9.17, 15) is 13.6 Å². The minimum atomic E-state index is -0.923. The normalized spacial score (nSPS) is 19.1. The minimum Gasteiger partial charge on any atom is -0.339 e. The van der Waals surface area contributed by atoms with Gasteiger partial charge in [-0.2, -0.15) is 0 Å². The van der Waals surface area contributed by atoms with Gasteiger partial charge in [-0.1, -0.05) is 12.1 Å². The number of likely N-dealkylation sites (tertiary alicyclic amines) is 1. The zero-order chi connectivity index (χ0) is 14.5. The van der Waals surface area contributed by atoms with Crippen molar-refractivity contribution in [2.45, 2.75) is 38.1 Å². The van der Waals surface area contributed by atoms with E-state index in [4.69, 9.17) is 5.73 Å². The lowest BCUT2D eigenvalue weighted by atomic mass is 9.98. The zero-order valence-electron chi connectivity index (χ0n) is 11.4. The Kier molecular flexibility index (Phi) is 5.06. The number of hydrogen-bond donors (Lipinski definition) is 1. The summed E-state index contributed by atoms with van der Waals surface area (Å²) < 4.78 is 26.8. The molecule has 5 heteroatoms. The van der Waals surface area contributed by atoms with Crippen molar-refractivity contribution in [2.24, 2.45) is 5.73 Å². The van der Waals surface area contributed by atoms with E-state index < -0.39 is 11.6 Å². The summed E-state index contributed by atoms with van der Waals surface area (Å²) in [5, 5.41) is 0. The Balaban J connectivity index is 2.08. The van der Waals surface area contributed by atoms with Gasteiger partial charge in [0.1, 0.15) is 0 Å². The Hall–Kier alpha value is -1.49. The summed E-state index contributed by atoms with van der Waals surface area (Å²) in [7, 11) is 0. The molecule has 110 valence electrons. The zero-order valence-corrected chi connectivity index (χ0v) is 11.4. The predicted molar refractivity (Wildman–Crippen MR) is 73.1 cm³/mol. The van der Waals surface area contributed by atoms with Crippen molar-refractivity contribution in [3.63, 3.8) is 0 Å². The van der Waals surface area contributed by atoms with Gasteiger partial charge in [-0.3, -0.25) is 4.79 Å². The van der Waals surface area contributed by atoms with Crippen LogP contribution in [0.15, 0.2) is 18.2 Å². The van der Waals surface area contributed by atoms with Crippen molar-refractivity contribution in [1.29, 1.82) is 0 Å². The molecule has 1 atom stereocenters. The molecule has 3 nitrogen and oxygen atoms in total. The van der Waals surface area contributed by atoms with E-state index in [2.05, 4.69) is 0 Å². The standard InChI is InChI=1S/C15H20F2N2O/c16-13-6-3-4-11(15(13)17)10-14(20)19-9-2-1-5-12(19)7-8-18/h3-4,6,12H,1-2,5,7-10,18H2. The fourth-order valence-electron chi connectivity index (χ4n) is 2.77. The van der Waals surface area contributed by atoms with Crippen LogP contribution in [0.3, 0.4) is 0 Å². The molecule has 0 spiro atoms. The molecule has 0 aliphatic carbocycles. The number of nitrogens with zero attached hydrogens (tertiary/aromatic N) is 1. The number of amides is 1. The van der Waals surface area contributed by atoms with Crippen LogP contribution in [0.5, 0.6) is 0 Å². The van der Waals surface area contributed by atoms with Crippen LogP contribution in [-0.4, -0.2) is 29.9 Å². The van der Waals surface area contributed by atoms with Crippen molar-refractivity contribution < 1.29 is 13.6 Å². The van der Waals surface area contributed by atoms with Crippen molar-refractivity contribution in [2.75, 3.05) is 13.1 Å². The average Bonchev–Trinajstić information content (AvgIpc) is 2.45. The number of carbonyl (C=O) groups is 1. The lowest BCUT2D eigenvalue weighted by Crippen LogP contribution is -2.45. The molecule has 1 aliphatic heterocycles. The van der Waals surface area contributed by atoms with Crippen LogP contribution in [0.2, 0.25) is 0 Å². The monoisotopic (exact) mass is 282 g/mol. The van der Waals surface area contributed by atoms with E-state index in [1.807, 2.05) is 0 Å². The van der Waals surface area contributed by atoms with Crippen molar-refractivity contribution in [3.05, 3.63) is 35.4 Å². The Bertz CT molecular complexity index is 477. The summed E-state index contributed by atoms with van der Waals surface area (Å²) in [6, 6.07) is 4.08. The van der Waals surface area contributed by atoms with Crippen LogP contribution in [0.25, 0.3) is 0 Å². The van der Waals surface area contributed by atoms with Crippen molar-refractivity contribution in [3.8, 4) is 0 Å². The van der Waals surface area contributed by atoms with E-state index in [0.29, 0.717) is 13.1 Å². The summed E-state index contributed by atoms with van der Waals surface area (Å²) in [5.74, 6) is -1.98. The molecule has 1 saturated heterocycles. The van der Waals surface area contributed by atoms with Gasteiger partial charge in [0, 0.05) is 18.2 Å². The van der Waals surface area contributed by atoms with Gasteiger partial charge in [-0.05, 0) is 38.3 Å². The van der Waals surface area contributed by atoms with E-state index in [0.717, 1.165) is 31.7 Å². The molecular weight excluding hydrogens is 262 g/mol. The van der Waals surface area contributed by atoms with Gasteiger partial charge in [0.15, 0.2) is 11.6 Å². The molecule has 1 unspecified atom stereocenters. The van der Waals surface area contributed by atoms with E-state index in [-0.39, 0.29) is 23.9 Å². The number of carbonyl (C=O) groups excluding carboxylic acids is 1. The topological polar surface area (TPSA) is 46.3 Å². The average molecular weight is 282 g/mol. The first-order chi connectivity index (χ1) is 9.63. The highest BCUT2D eigenvalue weighted by Crippen LogP contribution is 2.21. The van der Waals surface area contributed by atoms with E-state index in [1.54, 1.807) is 4.90 Å². The Morgan fingerprint density at radius 3 is 2.90 bits per heavy atom. The van der Waals surface area contributed by atoms with E-state index in [1.165, 1.54) is 12.1 Å². The Labute approximate surface area is 117 Å². The van der Waals surface area contributed by atoms with Gasteiger partial charge in [0.25, 0.3) is 0 Å². The summed E-state index contributed by atoms with van der Waals surface area (Å²) in [6.45, 7) is 1.21. The molecule has 0 aromatic heterocycles. The number of hydrogen-bond acceptors (Lipinski definition) is 2. The summed E-state index contributed by atoms with van der Waals surface area (Å²) in [4.78, 5) is 14.1. The second-order valence-electron chi connectivity index (χ2n) is 5.20.